The molecule has 0 aliphatic heterocycles. The van der Waals surface area contributed by atoms with E-state index < -0.39 is 0 Å². The minimum absolute atomic E-state index is 0.526. The normalized spacial score (nSPS) is 11.2. The number of nitrogens with zero attached hydrogens (tertiary/aromatic N) is 6. The summed E-state index contributed by atoms with van der Waals surface area (Å²) in [6, 6.07) is 51.5. The third kappa shape index (κ3) is 11.1. The Hall–Kier alpha value is -8.11. The Balaban J connectivity index is 1.04. The molecule has 0 saturated carbocycles. The lowest BCUT2D eigenvalue weighted by Gasteiger charge is -2.26. The summed E-state index contributed by atoms with van der Waals surface area (Å²) in [5.41, 5.74) is 9.65. The Bertz CT molecular complexity index is 2500. The molecule has 0 N–H and O–H groups in total. The highest BCUT2D eigenvalue weighted by Gasteiger charge is 2.15. The molecule has 326 valence electrons. The first-order valence-electron chi connectivity index (χ1n) is 22.0. The molecular weight excluding hydrogens is 809 g/mol. The first-order chi connectivity index (χ1) is 32.0. The number of anilines is 6. The summed E-state index contributed by atoms with van der Waals surface area (Å²) in [5, 5.41) is 0. The van der Waals surface area contributed by atoms with Gasteiger partial charge < -0.3 is 28.7 Å². The molecule has 65 heavy (non-hydrogen) atoms. The van der Waals surface area contributed by atoms with Gasteiger partial charge in [0.1, 0.15) is 29.3 Å². The maximum absolute atomic E-state index is 5.73. The Morgan fingerprint density at radius 2 is 0.723 bits per heavy atom. The van der Waals surface area contributed by atoms with E-state index in [9.17, 15) is 0 Å². The minimum Gasteiger partial charge on any atom is -0.494 e. The topological polar surface area (TPSA) is 87.0 Å². The average molecular weight is 861 g/mol. The summed E-state index contributed by atoms with van der Waals surface area (Å²) in [5.74, 6) is 3.86. The van der Waals surface area contributed by atoms with Gasteiger partial charge in [-0.2, -0.15) is 0 Å². The van der Waals surface area contributed by atoms with Crippen LogP contribution in [0.4, 0.5) is 34.1 Å². The second kappa shape index (κ2) is 21.3. The van der Waals surface area contributed by atoms with Crippen LogP contribution in [0.1, 0.15) is 50.2 Å². The SMILES string of the molecule is CCOc1ccc(N(c2ccc(/C=C/c3cc(/C=C/c4ccc(N(c5ccc(OCC)cc5)c5ccc(OCC)cc5)cc4)nc(-n4ccnc4)n3)cc2)c2ccc(OCC)cc2)cc1. The van der Waals surface area contributed by atoms with Gasteiger partial charge in [-0.25, -0.2) is 15.0 Å². The zero-order chi connectivity index (χ0) is 44.8. The highest BCUT2D eigenvalue weighted by atomic mass is 16.5. The molecule has 8 rings (SSSR count). The predicted octanol–water partition coefficient (Wildman–Crippen LogP) is 13.5. The molecule has 0 atom stereocenters. The standard InChI is InChI=1S/C55H52N6O4/c1-5-62-51-29-21-47(22-30-51)60(48-23-31-52(32-24-48)63-6-2)45-17-11-41(12-18-45)9-15-43-39-44(58-55(57-43)59-38-37-56-40-59)16-10-42-13-19-46(20-14-42)61(49-25-33-53(34-26-49)64-7-3)50-27-35-54(36-28-50)65-8-4/h9-40H,5-8H2,1-4H3/b15-9+,16-10+. The van der Waals surface area contributed by atoms with Crippen molar-refractivity contribution in [3.8, 4) is 28.9 Å². The summed E-state index contributed by atoms with van der Waals surface area (Å²) in [7, 11) is 0. The fourth-order valence-electron chi connectivity index (χ4n) is 7.29. The van der Waals surface area contributed by atoms with Crippen LogP contribution in [-0.4, -0.2) is 45.9 Å². The van der Waals surface area contributed by atoms with Gasteiger partial charge in [0.05, 0.1) is 37.8 Å². The van der Waals surface area contributed by atoms with Crippen LogP contribution in [-0.2, 0) is 0 Å². The van der Waals surface area contributed by atoms with Gasteiger partial charge >= 0.3 is 0 Å². The molecule has 0 saturated heterocycles. The Morgan fingerprint density at radius 1 is 0.415 bits per heavy atom. The molecular formula is C55H52N6O4. The highest BCUT2D eigenvalue weighted by molar-refractivity contribution is 5.80. The zero-order valence-electron chi connectivity index (χ0n) is 37.1. The lowest BCUT2D eigenvalue weighted by atomic mass is 10.1. The average Bonchev–Trinajstić information content (AvgIpc) is 3.90. The quantitative estimate of drug-likeness (QED) is 0.0789. The summed E-state index contributed by atoms with van der Waals surface area (Å²) in [6.45, 7) is 10.4. The second-order valence-electron chi connectivity index (χ2n) is 14.7. The molecule has 8 aromatic rings. The van der Waals surface area contributed by atoms with Crippen molar-refractivity contribution in [1.29, 1.82) is 0 Å². The number of aromatic nitrogens is 4. The van der Waals surface area contributed by atoms with Gasteiger partial charge in [-0.3, -0.25) is 4.57 Å². The van der Waals surface area contributed by atoms with Crippen molar-refractivity contribution in [3.05, 3.63) is 193 Å². The molecule has 0 fully saturated rings. The molecule has 0 amide bonds. The van der Waals surface area contributed by atoms with Crippen LogP contribution in [0.3, 0.4) is 0 Å². The van der Waals surface area contributed by atoms with Crippen molar-refractivity contribution < 1.29 is 18.9 Å². The number of rotatable bonds is 19. The number of imidazole rings is 1. The van der Waals surface area contributed by atoms with Crippen LogP contribution < -0.4 is 28.7 Å². The summed E-state index contributed by atoms with van der Waals surface area (Å²) in [6.07, 6.45) is 13.4. The second-order valence-corrected chi connectivity index (χ2v) is 14.7. The monoisotopic (exact) mass is 860 g/mol. The molecule has 2 aromatic heterocycles. The van der Waals surface area contributed by atoms with E-state index in [1.807, 2.05) is 105 Å². The first kappa shape index (κ1) is 43.5. The third-order valence-electron chi connectivity index (χ3n) is 10.3. The number of benzene rings is 6. The van der Waals surface area contributed by atoms with Gasteiger partial charge in [-0.15, -0.1) is 0 Å². The molecule has 10 nitrogen and oxygen atoms in total. The summed E-state index contributed by atoms with van der Waals surface area (Å²) in [4.78, 5) is 18.4. The Labute approximate surface area is 381 Å². The number of ether oxygens (including phenoxy) is 4. The molecule has 0 bridgehead atoms. The molecule has 0 unspecified atom stereocenters. The van der Waals surface area contributed by atoms with Gasteiger partial charge in [0, 0.05) is 46.5 Å². The van der Waals surface area contributed by atoms with Crippen LogP contribution in [0.2, 0.25) is 0 Å². The van der Waals surface area contributed by atoms with Gasteiger partial charge in [0.25, 0.3) is 0 Å². The molecule has 0 aliphatic carbocycles. The van der Waals surface area contributed by atoms with Crippen molar-refractivity contribution in [2.45, 2.75) is 27.7 Å². The van der Waals surface area contributed by atoms with E-state index in [-0.39, 0.29) is 0 Å². The lowest BCUT2D eigenvalue weighted by molar-refractivity contribution is 0.340. The van der Waals surface area contributed by atoms with E-state index >= 15 is 0 Å². The van der Waals surface area contributed by atoms with E-state index in [4.69, 9.17) is 28.9 Å². The van der Waals surface area contributed by atoms with E-state index in [0.717, 1.165) is 79.6 Å². The first-order valence-corrected chi connectivity index (χ1v) is 22.0. The maximum atomic E-state index is 5.73. The van der Waals surface area contributed by atoms with E-state index in [2.05, 4.69) is 124 Å². The van der Waals surface area contributed by atoms with E-state index in [0.29, 0.717) is 32.4 Å². The lowest BCUT2D eigenvalue weighted by Crippen LogP contribution is -2.10. The van der Waals surface area contributed by atoms with Crippen molar-refractivity contribution in [2.75, 3.05) is 36.2 Å². The number of hydrogen-bond acceptors (Lipinski definition) is 9. The molecule has 0 spiro atoms. The van der Waals surface area contributed by atoms with Crippen LogP contribution >= 0.6 is 0 Å². The fourth-order valence-corrected chi connectivity index (χ4v) is 7.29. The van der Waals surface area contributed by atoms with Crippen molar-refractivity contribution in [2.24, 2.45) is 0 Å². The van der Waals surface area contributed by atoms with Gasteiger partial charge in [-0.05, 0) is 178 Å². The van der Waals surface area contributed by atoms with Crippen molar-refractivity contribution in [3.63, 3.8) is 0 Å². The van der Waals surface area contributed by atoms with Gasteiger partial charge in [-0.1, -0.05) is 36.4 Å². The summed E-state index contributed by atoms with van der Waals surface area (Å²) < 4.78 is 24.7. The van der Waals surface area contributed by atoms with E-state index in [1.54, 1.807) is 12.5 Å². The Morgan fingerprint density at radius 3 is 1.00 bits per heavy atom. The van der Waals surface area contributed by atoms with Crippen molar-refractivity contribution >= 4 is 58.4 Å². The summed E-state index contributed by atoms with van der Waals surface area (Å²) >= 11 is 0. The van der Waals surface area contributed by atoms with Crippen LogP contribution in [0.5, 0.6) is 23.0 Å². The highest BCUT2D eigenvalue weighted by Crippen LogP contribution is 2.38. The molecule has 6 aromatic carbocycles. The van der Waals surface area contributed by atoms with Crippen LogP contribution in [0, 0.1) is 0 Å². The maximum Gasteiger partial charge on any atom is 0.236 e. The van der Waals surface area contributed by atoms with Gasteiger partial charge in [0.2, 0.25) is 5.95 Å². The largest absolute Gasteiger partial charge is 0.494 e. The molecule has 0 radical (unpaired) electrons. The van der Waals surface area contributed by atoms with E-state index in [1.165, 1.54) is 0 Å². The third-order valence-corrected chi connectivity index (χ3v) is 10.3. The number of hydrogen-bond donors (Lipinski definition) is 0. The van der Waals surface area contributed by atoms with Gasteiger partial charge in [0.15, 0.2) is 0 Å². The Kier molecular flexibility index (Phi) is 14.3. The predicted molar refractivity (Wildman–Crippen MR) is 264 cm³/mol. The molecule has 2 heterocycles. The van der Waals surface area contributed by atoms with Crippen LogP contribution in [0.15, 0.2) is 170 Å². The van der Waals surface area contributed by atoms with Crippen LogP contribution in [0.25, 0.3) is 30.3 Å². The molecule has 0 aliphatic rings. The van der Waals surface area contributed by atoms with Crippen molar-refractivity contribution in [1.82, 2.24) is 19.5 Å². The minimum atomic E-state index is 0.526. The zero-order valence-corrected chi connectivity index (χ0v) is 37.1. The molecule has 10 heteroatoms. The fraction of sp³-hybridized carbons (Fsp3) is 0.145. The smallest absolute Gasteiger partial charge is 0.236 e.